The van der Waals surface area contributed by atoms with E-state index in [1.165, 1.54) is 12.6 Å². The Bertz CT molecular complexity index is 1050. The molecule has 3 aromatic heterocycles. The topological polar surface area (TPSA) is 97.9 Å². The Labute approximate surface area is 154 Å². The van der Waals surface area contributed by atoms with Gasteiger partial charge < -0.3 is 15.1 Å². The summed E-state index contributed by atoms with van der Waals surface area (Å²) >= 11 is 0. The summed E-state index contributed by atoms with van der Waals surface area (Å²) in [6.45, 7) is 1.91. The second kappa shape index (κ2) is 7.12. The zero-order chi connectivity index (χ0) is 18.6. The largest absolute Gasteiger partial charge is 0.459 e. The van der Waals surface area contributed by atoms with Crippen LogP contribution in [0.5, 0.6) is 0 Å². The molecule has 0 aliphatic carbocycles. The van der Waals surface area contributed by atoms with Crippen molar-refractivity contribution in [2.75, 3.05) is 10.6 Å². The Morgan fingerprint density at radius 1 is 1.07 bits per heavy atom. The number of nitrogens with zero attached hydrogens (tertiary/aromatic N) is 4. The summed E-state index contributed by atoms with van der Waals surface area (Å²) < 4.78 is 6.95. The van der Waals surface area contributed by atoms with Crippen LogP contribution in [0, 0.1) is 6.92 Å². The Morgan fingerprint density at radius 3 is 2.59 bits per heavy atom. The highest BCUT2D eigenvalue weighted by Gasteiger charge is 2.09. The molecule has 4 rings (SSSR count). The van der Waals surface area contributed by atoms with Crippen LogP contribution >= 0.6 is 0 Å². The molecule has 0 spiro atoms. The molecule has 0 atom stereocenters. The minimum absolute atomic E-state index is 0.264. The van der Waals surface area contributed by atoms with Crippen molar-refractivity contribution in [2.24, 2.45) is 0 Å². The van der Waals surface area contributed by atoms with E-state index < -0.39 is 0 Å². The lowest BCUT2D eigenvalue weighted by molar-refractivity contribution is 0.0996. The van der Waals surface area contributed by atoms with E-state index in [2.05, 4.69) is 25.6 Å². The van der Waals surface area contributed by atoms with Gasteiger partial charge in [-0.15, -0.1) is 0 Å². The number of aryl methyl sites for hydroxylation is 1. The summed E-state index contributed by atoms with van der Waals surface area (Å²) in [5.74, 6) is 2.19. The first-order valence-electron chi connectivity index (χ1n) is 8.23. The van der Waals surface area contributed by atoms with Crippen molar-refractivity contribution in [3.8, 4) is 5.82 Å². The standard InChI is InChI=1S/C19H16N6O2/c1-13-20-8-9-25(13)18-11-17(21-12-22-18)23-14-4-6-15(7-5-14)24-19(26)16-3-2-10-27-16/h2-12H,1H3,(H,24,26)(H,21,22,23). The molecular formula is C19H16N6O2. The molecule has 1 amide bonds. The number of carbonyl (C=O) groups is 1. The summed E-state index contributed by atoms with van der Waals surface area (Å²) in [7, 11) is 0. The number of aromatic nitrogens is 4. The Morgan fingerprint density at radius 2 is 1.89 bits per heavy atom. The maximum atomic E-state index is 12.0. The average Bonchev–Trinajstić information content (AvgIpc) is 3.35. The number of anilines is 3. The van der Waals surface area contributed by atoms with Crippen molar-refractivity contribution < 1.29 is 9.21 Å². The monoisotopic (exact) mass is 360 g/mol. The second-order valence-corrected chi connectivity index (χ2v) is 5.74. The van der Waals surface area contributed by atoms with Crippen molar-refractivity contribution in [3.05, 3.63) is 79.0 Å². The first-order chi connectivity index (χ1) is 13.2. The van der Waals surface area contributed by atoms with E-state index in [0.29, 0.717) is 11.5 Å². The van der Waals surface area contributed by atoms with Gasteiger partial charge in [0.15, 0.2) is 5.76 Å². The maximum Gasteiger partial charge on any atom is 0.291 e. The SMILES string of the molecule is Cc1nccn1-c1cc(Nc2ccc(NC(=O)c3ccco3)cc2)ncn1. The zero-order valence-corrected chi connectivity index (χ0v) is 14.5. The predicted molar refractivity (Wildman–Crippen MR) is 100 cm³/mol. The normalized spacial score (nSPS) is 10.6. The molecule has 0 saturated heterocycles. The lowest BCUT2D eigenvalue weighted by atomic mass is 10.2. The molecule has 0 aliphatic rings. The highest BCUT2D eigenvalue weighted by Crippen LogP contribution is 2.19. The van der Waals surface area contributed by atoms with Gasteiger partial charge in [0, 0.05) is 29.8 Å². The van der Waals surface area contributed by atoms with E-state index in [1.807, 2.05) is 35.9 Å². The Balaban J connectivity index is 1.46. The summed E-state index contributed by atoms with van der Waals surface area (Å²) in [4.78, 5) is 24.7. The van der Waals surface area contributed by atoms with E-state index in [9.17, 15) is 4.79 Å². The third kappa shape index (κ3) is 3.69. The summed E-state index contributed by atoms with van der Waals surface area (Å²) in [6.07, 6.45) is 6.52. The molecule has 1 aromatic carbocycles. The van der Waals surface area contributed by atoms with Crippen LogP contribution in [0.4, 0.5) is 17.2 Å². The average molecular weight is 360 g/mol. The molecule has 0 bridgehead atoms. The van der Waals surface area contributed by atoms with E-state index in [0.717, 1.165) is 17.3 Å². The third-order valence-corrected chi connectivity index (χ3v) is 3.89. The molecule has 27 heavy (non-hydrogen) atoms. The smallest absolute Gasteiger partial charge is 0.291 e. The molecule has 0 unspecified atom stereocenters. The molecule has 8 nitrogen and oxygen atoms in total. The van der Waals surface area contributed by atoms with Gasteiger partial charge in [-0.05, 0) is 43.3 Å². The van der Waals surface area contributed by atoms with Gasteiger partial charge in [-0.3, -0.25) is 9.36 Å². The zero-order valence-electron chi connectivity index (χ0n) is 14.5. The maximum absolute atomic E-state index is 12.0. The van der Waals surface area contributed by atoms with Crippen LogP contribution < -0.4 is 10.6 Å². The summed E-state index contributed by atoms with van der Waals surface area (Å²) in [5, 5.41) is 5.99. The first kappa shape index (κ1) is 16.5. The van der Waals surface area contributed by atoms with E-state index >= 15 is 0 Å². The number of hydrogen-bond acceptors (Lipinski definition) is 6. The van der Waals surface area contributed by atoms with Crippen molar-refractivity contribution in [2.45, 2.75) is 6.92 Å². The van der Waals surface area contributed by atoms with Crippen LogP contribution in [0.15, 0.2) is 71.9 Å². The number of imidazole rings is 1. The van der Waals surface area contributed by atoms with Crippen LogP contribution in [0.25, 0.3) is 5.82 Å². The van der Waals surface area contributed by atoms with Crippen LogP contribution in [0.2, 0.25) is 0 Å². The molecule has 0 radical (unpaired) electrons. The predicted octanol–water partition coefficient (Wildman–Crippen LogP) is 3.56. The van der Waals surface area contributed by atoms with Gasteiger partial charge in [0.25, 0.3) is 5.91 Å². The van der Waals surface area contributed by atoms with Gasteiger partial charge >= 0.3 is 0 Å². The Kier molecular flexibility index (Phi) is 4.36. The lowest BCUT2D eigenvalue weighted by Gasteiger charge is -2.09. The molecule has 2 N–H and O–H groups in total. The van der Waals surface area contributed by atoms with Crippen molar-refractivity contribution in [1.82, 2.24) is 19.5 Å². The minimum Gasteiger partial charge on any atom is -0.459 e. The Hall–Kier alpha value is -3.94. The lowest BCUT2D eigenvalue weighted by Crippen LogP contribution is -2.10. The van der Waals surface area contributed by atoms with Gasteiger partial charge in [0.2, 0.25) is 0 Å². The van der Waals surface area contributed by atoms with Gasteiger partial charge in [-0.2, -0.15) is 0 Å². The van der Waals surface area contributed by atoms with E-state index in [1.54, 1.807) is 30.5 Å². The minimum atomic E-state index is -0.295. The van der Waals surface area contributed by atoms with Gasteiger partial charge in [-0.25, -0.2) is 15.0 Å². The second-order valence-electron chi connectivity index (χ2n) is 5.74. The number of amides is 1. The van der Waals surface area contributed by atoms with Crippen LogP contribution in [-0.2, 0) is 0 Å². The first-order valence-corrected chi connectivity index (χ1v) is 8.23. The van der Waals surface area contributed by atoms with Crippen molar-refractivity contribution in [3.63, 3.8) is 0 Å². The van der Waals surface area contributed by atoms with Crippen LogP contribution in [0.3, 0.4) is 0 Å². The van der Waals surface area contributed by atoms with Gasteiger partial charge in [-0.1, -0.05) is 0 Å². The highest BCUT2D eigenvalue weighted by molar-refractivity contribution is 6.02. The summed E-state index contributed by atoms with van der Waals surface area (Å²) in [6, 6.07) is 12.4. The van der Waals surface area contributed by atoms with Crippen molar-refractivity contribution in [1.29, 1.82) is 0 Å². The molecular weight excluding hydrogens is 344 g/mol. The molecule has 0 fully saturated rings. The number of carbonyl (C=O) groups excluding carboxylic acids is 1. The number of rotatable bonds is 5. The van der Waals surface area contributed by atoms with Crippen LogP contribution in [-0.4, -0.2) is 25.4 Å². The molecule has 4 aromatic rings. The fraction of sp³-hybridized carbons (Fsp3) is 0.0526. The quantitative estimate of drug-likeness (QED) is 0.565. The fourth-order valence-corrected chi connectivity index (χ4v) is 2.55. The highest BCUT2D eigenvalue weighted by atomic mass is 16.3. The molecule has 8 heteroatoms. The van der Waals surface area contributed by atoms with E-state index in [4.69, 9.17) is 4.42 Å². The molecule has 0 aliphatic heterocycles. The van der Waals surface area contributed by atoms with Crippen LogP contribution in [0.1, 0.15) is 16.4 Å². The molecule has 3 heterocycles. The number of benzene rings is 1. The number of furan rings is 1. The molecule has 134 valence electrons. The number of nitrogens with one attached hydrogen (secondary N) is 2. The van der Waals surface area contributed by atoms with Gasteiger partial charge in [0.05, 0.1) is 6.26 Å². The molecule has 0 saturated carbocycles. The van der Waals surface area contributed by atoms with Gasteiger partial charge in [0.1, 0.15) is 23.8 Å². The van der Waals surface area contributed by atoms with E-state index in [-0.39, 0.29) is 11.7 Å². The fourth-order valence-electron chi connectivity index (χ4n) is 2.55. The van der Waals surface area contributed by atoms with Crippen molar-refractivity contribution >= 4 is 23.1 Å². The summed E-state index contributed by atoms with van der Waals surface area (Å²) in [5.41, 5.74) is 1.50. The third-order valence-electron chi connectivity index (χ3n) is 3.89. The number of hydrogen-bond donors (Lipinski definition) is 2.